The highest BCUT2D eigenvalue weighted by Gasteiger charge is 2.23. The van der Waals surface area contributed by atoms with Gasteiger partial charge in [-0.3, -0.25) is 0 Å². The molecule has 0 bridgehead atoms. The Morgan fingerprint density at radius 2 is 2.45 bits per heavy atom. The Morgan fingerprint density at radius 3 is 2.91 bits per heavy atom. The molecule has 1 aliphatic heterocycles. The van der Waals surface area contributed by atoms with E-state index >= 15 is 0 Å². The van der Waals surface area contributed by atoms with Crippen LogP contribution in [0.3, 0.4) is 0 Å². The first kappa shape index (κ1) is 9.01. The molecule has 1 aliphatic rings. The second kappa shape index (κ2) is 4.73. The van der Waals surface area contributed by atoms with Crippen LogP contribution in [-0.4, -0.2) is 25.8 Å². The molecule has 0 aliphatic carbocycles. The zero-order chi connectivity index (χ0) is 8.10. The molecule has 0 aromatic carbocycles. The average molecular weight is 157 g/mol. The van der Waals surface area contributed by atoms with Crippen LogP contribution in [0.2, 0.25) is 0 Å². The first-order valence-electron chi connectivity index (χ1n) is 4.67. The maximum absolute atomic E-state index is 5.60. The second-order valence-corrected chi connectivity index (χ2v) is 3.24. The molecule has 0 amide bonds. The molecule has 2 heteroatoms. The predicted octanol–water partition coefficient (Wildman–Crippen LogP) is 1.55. The van der Waals surface area contributed by atoms with Crippen LogP contribution in [0.4, 0.5) is 0 Å². The van der Waals surface area contributed by atoms with E-state index in [0.717, 1.165) is 6.61 Å². The molecule has 1 heterocycles. The first-order valence-corrected chi connectivity index (χ1v) is 4.67. The summed E-state index contributed by atoms with van der Waals surface area (Å²) in [6.45, 7) is 3.19. The van der Waals surface area contributed by atoms with Crippen LogP contribution in [-0.2, 0) is 4.74 Å². The summed E-state index contributed by atoms with van der Waals surface area (Å²) in [5.41, 5.74) is 0. The predicted molar refractivity (Wildman–Crippen MR) is 46.7 cm³/mol. The molecular formula is C9H19NO. The van der Waals surface area contributed by atoms with Crippen molar-refractivity contribution in [3.05, 3.63) is 0 Å². The van der Waals surface area contributed by atoms with E-state index in [2.05, 4.69) is 12.2 Å². The van der Waals surface area contributed by atoms with Gasteiger partial charge in [-0.1, -0.05) is 13.3 Å². The Bertz CT molecular complexity index is 99.7. The van der Waals surface area contributed by atoms with Crippen LogP contribution in [0, 0.1) is 0 Å². The monoisotopic (exact) mass is 157 g/mol. The molecule has 0 saturated carbocycles. The van der Waals surface area contributed by atoms with Gasteiger partial charge in [-0.2, -0.15) is 0 Å². The third-order valence-corrected chi connectivity index (χ3v) is 2.38. The minimum atomic E-state index is 0.486. The van der Waals surface area contributed by atoms with Crippen molar-refractivity contribution in [2.45, 2.75) is 44.8 Å². The quantitative estimate of drug-likeness (QED) is 0.668. The topological polar surface area (TPSA) is 21.3 Å². The zero-order valence-electron chi connectivity index (χ0n) is 7.60. The van der Waals surface area contributed by atoms with Crippen LogP contribution in [0.25, 0.3) is 0 Å². The Kier molecular flexibility index (Phi) is 3.87. The summed E-state index contributed by atoms with van der Waals surface area (Å²) in [5.74, 6) is 0. The summed E-state index contributed by atoms with van der Waals surface area (Å²) in [7, 11) is 2.03. The number of hydrogen-bond acceptors (Lipinski definition) is 2. The fourth-order valence-electron chi connectivity index (χ4n) is 1.75. The summed E-state index contributed by atoms with van der Waals surface area (Å²) in [6, 6.07) is 0.586. The number of hydrogen-bond donors (Lipinski definition) is 1. The first-order chi connectivity index (χ1) is 5.38. The summed E-state index contributed by atoms with van der Waals surface area (Å²) in [6.07, 6.45) is 5.45. The number of rotatable bonds is 4. The van der Waals surface area contributed by atoms with Crippen molar-refractivity contribution in [1.29, 1.82) is 0 Å². The molecule has 2 unspecified atom stereocenters. The van der Waals surface area contributed by atoms with Crippen molar-refractivity contribution in [1.82, 2.24) is 5.32 Å². The Balaban J connectivity index is 2.27. The van der Waals surface area contributed by atoms with Crippen LogP contribution < -0.4 is 5.32 Å². The maximum atomic E-state index is 5.60. The Hall–Kier alpha value is -0.0800. The maximum Gasteiger partial charge on any atom is 0.0728 e. The molecular weight excluding hydrogens is 138 g/mol. The van der Waals surface area contributed by atoms with Crippen molar-refractivity contribution in [2.75, 3.05) is 13.7 Å². The normalized spacial score (nSPS) is 27.3. The highest BCUT2D eigenvalue weighted by Crippen LogP contribution is 2.17. The Labute approximate surface area is 69.3 Å². The lowest BCUT2D eigenvalue weighted by Crippen LogP contribution is -2.36. The smallest absolute Gasteiger partial charge is 0.0728 e. The van der Waals surface area contributed by atoms with Gasteiger partial charge in [-0.15, -0.1) is 0 Å². The van der Waals surface area contributed by atoms with Gasteiger partial charge in [0, 0.05) is 12.6 Å². The molecule has 0 aromatic heterocycles. The molecule has 1 fully saturated rings. The number of likely N-dealkylation sites (N-methyl/N-ethyl adjacent to an activating group) is 1. The third kappa shape index (κ3) is 2.46. The molecule has 11 heavy (non-hydrogen) atoms. The highest BCUT2D eigenvalue weighted by molar-refractivity contribution is 4.78. The molecule has 1 N–H and O–H groups in total. The molecule has 0 spiro atoms. The van der Waals surface area contributed by atoms with E-state index in [1.54, 1.807) is 0 Å². The Morgan fingerprint density at radius 1 is 1.64 bits per heavy atom. The van der Waals surface area contributed by atoms with Crippen LogP contribution in [0.15, 0.2) is 0 Å². The van der Waals surface area contributed by atoms with Crippen LogP contribution in [0.5, 0.6) is 0 Å². The number of ether oxygens (including phenoxy) is 1. The van der Waals surface area contributed by atoms with Gasteiger partial charge in [-0.05, 0) is 26.3 Å². The van der Waals surface area contributed by atoms with E-state index in [4.69, 9.17) is 4.74 Å². The zero-order valence-corrected chi connectivity index (χ0v) is 7.60. The van der Waals surface area contributed by atoms with Gasteiger partial charge in [0.2, 0.25) is 0 Å². The van der Waals surface area contributed by atoms with Gasteiger partial charge in [0.15, 0.2) is 0 Å². The van der Waals surface area contributed by atoms with Gasteiger partial charge in [0.25, 0.3) is 0 Å². The van der Waals surface area contributed by atoms with Crippen molar-refractivity contribution in [3.8, 4) is 0 Å². The van der Waals surface area contributed by atoms with Crippen molar-refractivity contribution < 1.29 is 4.74 Å². The van der Waals surface area contributed by atoms with Crippen molar-refractivity contribution >= 4 is 0 Å². The molecule has 0 aromatic rings. The lowest BCUT2D eigenvalue weighted by Gasteiger charge is -2.21. The van der Waals surface area contributed by atoms with E-state index in [1.807, 2.05) is 7.05 Å². The SMILES string of the molecule is CCCC(NC)C1CCCO1. The number of nitrogens with one attached hydrogen (secondary N) is 1. The molecule has 0 radical (unpaired) electrons. The van der Waals surface area contributed by atoms with Gasteiger partial charge in [0.1, 0.15) is 0 Å². The molecule has 2 nitrogen and oxygen atoms in total. The van der Waals surface area contributed by atoms with Gasteiger partial charge in [0.05, 0.1) is 6.10 Å². The summed E-state index contributed by atoms with van der Waals surface area (Å²) < 4.78 is 5.60. The van der Waals surface area contributed by atoms with E-state index < -0.39 is 0 Å². The lowest BCUT2D eigenvalue weighted by atomic mass is 10.0. The lowest BCUT2D eigenvalue weighted by molar-refractivity contribution is 0.0779. The van der Waals surface area contributed by atoms with E-state index in [0.29, 0.717) is 12.1 Å². The molecule has 66 valence electrons. The summed E-state index contributed by atoms with van der Waals surface area (Å²) >= 11 is 0. The molecule has 1 saturated heterocycles. The fourth-order valence-corrected chi connectivity index (χ4v) is 1.75. The van der Waals surface area contributed by atoms with Crippen LogP contribution in [0.1, 0.15) is 32.6 Å². The third-order valence-electron chi connectivity index (χ3n) is 2.38. The summed E-state index contributed by atoms with van der Waals surface area (Å²) in [4.78, 5) is 0. The van der Waals surface area contributed by atoms with E-state index in [9.17, 15) is 0 Å². The van der Waals surface area contributed by atoms with Gasteiger partial charge >= 0.3 is 0 Å². The van der Waals surface area contributed by atoms with Crippen LogP contribution >= 0.6 is 0 Å². The minimum Gasteiger partial charge on any atom is -0.377 e. The van der Waals surface area contributed by atoms with Gasteiger partial charge < -0.3 is 10.1 Å². The van der Waals surface area contributed by atoms with E-state index in [1.165, 1.54) is 25.7 Å². The van der Waals surface area contributed by atoms with Crippen molar-refractivity contribution in [2.24, 2.45) is 0 Å². The standard InChI is InChI=1S/C9H19NO/c1-3-5-8(10-2)9-6-4-7-11-9/h8-10H,3-7H2,1-2H3. The largest absolute Gasteiger partial charge is 0.377 e. The second-order valence-electron chi connectivity index (χ2n) is 3.24. The molecule has 2 atom stereocenters. The fraction of sp³-hybridized carbons (Fsp3) is 1.00. The van der Waals surface area contributed by atoms with E-state index in [-0.39, 0.29) is 0 Å². The molecule has 1 rings (SSSR count). The summed E-state index contributed by atoms with van der Waals surface area (Å²) in [5, 5.41) is 3.32. The van der Waals surface area contributed by atoms with Crippen molar-refractivity contribution in [3.63, 3.8) is 0 Å². The average Bonchev–Trinajstić information content (AvgIpc) is 2.52. The highest BCUT2D eigenvalue weighted by atomic mass is 16.5. The van der Waals surface area contributed by atoms with Gasteiger partial charge in [-0.25, -0.2) is 0 Å². The minimum absolute atomic E-state index is 0.486.